The number of ether oxygens (including phenoxy) is 2. The molecule has 5 nitrogen and oxygen atoms in total. The number of hydrogen-bond acceptors (Lipinski definition) is 6. The van der Waals surface area contributed by atoms with E-state index in [0.717, 1.165) is 10.6 Å². The minimum absolute atomic E-state index is 0.460. The molecule has 0 aliphatic carbocycles. The van der Waals surface area contributed by atoms with Crippen molar-refractivity contribution in [3.8, 4) is 11.5 Å². The van der Waals surface area contributed by atoms with E-state index in [1.807, 2.05) is 30.4 Å². The van der Waals surface area contributed by atoms with Crippen molar-refractivity contribution < 1.29 is 9.47 Å². The van der Waals surface area contributed by atoms with Gasteiger partial charge < -0.3 is 15.2 Å². The smallest absolute Gasteiger partial charge is 0.203 e. The van der Waals surface area contributed by atoms with E-state index in [1.54, 1.807) is 14.2 Å². The number of nitrogen functional groups attached to an aromatic ring is 1. The first-order valence-corrected chi connectivity index (χ1v) is 6.03. The molecule has 1 aromatic carbocycles. The average Bonchev–Trinajstić information content (AvgIpc) is 2.81. The highest BCUT2D eigenvalue weighted by molar-refractivity contribution is 7.15. The van der Waals surface area contributed by atoms with E-state index in [2.05, 4.69) is 10.2 Å². The average molecular weight is 263 g/mol. The highest BCUT2D eigenvalue weighted by atomic mass is 32.1. The third-order valence-corrected chi connectivity index (χ3v) is 3.00. The zero-order chi connectivity index (χ0) is 13.0. The molecule has 2 aromatic rings. The first-order valence-electron chi connectivity index (χ1n) is 5.22. The molecule has 0 amide bonds. The SMILES string of the molecule is COc1ccc(/C=C/c2nnc(N)s2)cc1OC. The van der Waals surface area contributed by atoms with Gasteiger partial charge in [0, 0.05) is 0 Å². The predicted octanol–water partition coefficient (Wildman–Crippen LogP) is 2.31. The number of hydrogen-bond donors (Lipinski definition) is 1. The fourth-order valence-corrected chi connectivity index (χ4v) is 1.95. The Kier molecular flexibility index (Phi) is 3.78. The first kappa shape index (κ1) is 12.4. The van der Waals surface area contributed by atoms with Crippen LogP contribution in [-0.2, 0) is 0 Å². The second kappa shape index (κ2) is 5.50. The highest BCUT2D eigenvalue weighted by Gasteiger charge is 2.03. The lowest BCUT2D eigenvalue weighted by molar-refractivity contribution is 0.355. The van der Waals surface area contributed by atoms with Gasteiger partial charge in [0.15, 0.2) is 11.5 Å². The maximum atomic E-state index is 5.51. The predicted molar refractivity (Wildman–Crippen MR) is 72.8 cm³/mol. The quantitative estimate of drug-likeness (QED) is 0.916. The first-order chi connectivity index (χ1) is 8.72. The molecule has 94 valence electrons. The lowest BCUT2D eigenvalue weighted by Gasteiger charge is -2.07. The molecular formula is C12H13N3O2S. The summed E-state index contributed by atoms with van der Waals surface area (Å²) >= 11 is 1.34. The van der Waals surface area contributed by atoms with E-state index in [9.17, 15) is 0 Å². The molecular weight excluding hydrogens is 250 g/mol. The zero-order valence-electron chi connectivity index (χ0n) is 10.1. The Labute approximate surface area is 109 Å². The number of rotatable bonds is 4. The molecule has 0 spiro atoms. The maximum absolute atomic E-state index is 5.51. The second-order valence-corrected chi connectivity index (χ2v) is 4.47. The lowest BCUT2D eigenvalue weighted by Crippen LogP contribution is -1.90. The van der Waals surface area contributed by atoms with Gasteiger partial charge in [0.25, 0.3) is 0 Å². The van der Waals surface area contributed by atoms with Gasteiger partial charge in [-0.25, -0.2) is 0 Å². The largest absolute Gasteiger partial charge is 0.493 e. The molecule has 0 bridgehead atoms. The Hall–Kier alpha value is -2.08. The molecule has 1 heterocycles. The molecule has 0 atom stereocenters. The molecule has 1 aromatic heterocycles. The fraction of sp³-hybridized carbons (Fsp3) is 0.167. The number of aromatic nitrogens is 2. The van der Waals surface area contributed by atoms with E-state index in [-0.39, 0.29) is 0 Å². The van der Waals surface area contributed by atoms with Crippen LogP contribution in [0.1, 0.15) is 10.6 Å². The van der Waals surface area contributed by atoms with E-state index in [4.69, 9.17) is 15.2 Å². The molecule has 18 heavy (non-hydrogen) atoms. The van der Waals surface area contributed by atoms with Gasteiger partial charge in [0.1, 0.15) is 5.01 Å². The van der Waals surface area contributed by atoms with Gasteiger partial charge in [0.2, 0.25) is 5.13 Å². The third-order valence-electron chi connectivity index (χ3n) is 2.28. The molecule has 0 aliphatic heterocycles. The van der Waals surface area contributed by atoms with Crippen molar-refractivity contribution in [2.75, 3.05) is 20.0 Å². The number of methoxy groups -OCH3 is 2. The van der Waals surface area contributed by atoms with Crippen molar-refractivity contribution in [2.24, 2.45) is 0 Å². The zero-order valence-corrected chi connectivity index (χ0v) is 10.9. The Balaban J connectivity index is 2.21. The topological polar surface area (TPSA) is 70.3 Å². The number of benzene rings is 1. The lowest BCUT2D eigenvalue weighted by atomic mass is 10.2. The third kappa shape index (κ3) is 2.78. The van der Waals surface area contributed by atoms with Crippen molar-refractivity contribution in [2.45, 2.75) is 0 Å². The summed E-state index contributed by atoms with van der Waals surface area (Å²) in [6.07, 6.45) is 3.77. The molecule has 6 heteroatoms. The molecule has 0 fully saturated rings. The van der Waals surface area contributed by atoms with E-state index in [0.29, 0.717) is 16.6 Å². The molecule has 2 rings (SSSR count). The van der Waals surface area contributed by atoms with Crippen LogP contribution in [0.5, 0.6) is 11.5 Å². The molecule has 0 aliphatic rings. The Morgan fingerprint density at radius 3 is 2.50 bits per heavy atom. The van der Waals surface area contributed by atoms with Crippen LogP contribution in [0.2, 0.25) is 0 Å². The van der Waals surface area contributed by atoms with Crippen molar-refractivity contribution in [1.29, 1.82) is 0 Å². The molecule has 0 unspecified atom stereocenters. The van der Waals surface area contributed by atoms with E-state index < -0.39 is 0 Å². The van der Waals surface area contributed by atoms with Gasteiger partial charge in [-0.05, 0) is 23.8 Å². The summed E-state index contributed by atoms with van der Waals surface area (Å²) in [4.78, 5) is 0. The van der Waals surface area contributed by atoms with Crippen LogP contribution in [-0.4, -0.2) is 24.4 Å². The van der Waals surface area contributed by atoms with Crippen molar-refractivity contribution >= 4 is 28.6 Å². The summed E-state index contributed by atoms with van der Waals surface area (Å²) in [6, 6.07) is 5.68. The highest BCUT2D eigenvalue weighted by Crippen LogP contribution is 2.28. The van der Waals surface area contributed by atoms with Crippen LogP contribution in [0.3, 0.4) is 0 Å². The summed E-state index contributed by atoms with van der Waals surface area (Å²) in [5, 5.41) is 8.87. The second-order valence-electron chi connectivity index (χ2n) is 3.43. The summed E-state index contributed by atoms with van der Waals surface area (Å²) in [5.41, 5.74) is 6.49. The Morgan fingerprint density at radius 1 is 1.11 bits per heavy atom. The normalized spacial score (nSPS) is 10.8. The standard InChI is InChI=1S/C12H13N3O2S/c1-16-9-5-3-8(7-10(9)17-2)4-6-11-14-15-12(13)18-11/h3-7H,1-2H3,(H2,13,15)/b6-4+. The summed E-state index contributed by atoms with van der Waals surface area (Å²) in [5.74, 6) is 1.39. The van der Waals surface area contributed by atoms with Gasteiger partial charge in [-0.3, -0.25) is 0 Å². The summed E-state index contributed by atoms with van der Waals surface area (Å²) in [6.45, 7) is 0. The summed E-state index contributed by atoms with van der Waals surface area (Å²) < 4.78 is 10.4. The van der Waals surface area contributed by atoms with Crippen molar-refractivity contribution in [3.05, 3.63) is 28.8 Å². The van der Waals surface area contributed by atoms with E-state index in [1.165, 1.54) is 11.3 Å². The number of nitrogens with zero attached hydrogens (tertiary/aromatic N) is 2. The summed E-state index contributed by atoms with van der Waals surface area (Å²) in [7, 11) is 3.22. The monoisotopic (exact) mass is 263 g/mol. The molecule has 0 saturated carbocycles. The van der Waals surface area contributed by atoms with Crippen LogP contribution in [0.4, 0.5) is 5.13 Å². The van der Waals surface area contributed by atoms with Crippen molar-refractivity contribution in [3.63, 3.8) is 0 Å². The van der Waals surface area contributed by atoms with E-state index >= 15 is 0 Å². The Bertz CT molecular complexity index is 566. The fourth-order valence-electron chi connectivity index (χ4n) is 1.44. The number of nitrogens with two attached hydrogens (primary N) is 1. The maximum Gasteiger partial charge on any atom is 0.203 e. The van der Waals surface area contributed by atoms with Crippen LogP contribution >= 0.6 is 11.3 Å². The van der Waals surface area contributed by atoms with Gasteiger partial charge in [-0.15, -0.1) is 10.2 Å². The molecule has 0 radical (unpaired) electrons. The van der Waals surface area contributed by atoms with Crippen LogP contribution in [0.15, 0.2) is 18.2 Å². The van der Waals surface area contributed by atoms with Gasteiger partial charge in [0.05, 0.1) is 14.2 Å². The van der Waals surface area contributed by atoms with Crippen LogP contribution in [0, 0.1) is 0 Å². The van der Waals surface area contributed by atoms with Crippen LogP contribution in [0.25, 0.3) is 12.2 Å². The molecule has 0 saturated heterocycles. The molecule has 2 N–H and O–H groups in total. The van der Waals surface area contributed by atoms with Crippen molar-refractivity contribution in [1.82, 2.24) is 10.2 Å². The van der Waals surface area contributed by atoms with Gasteiger partial charge in [-0.2, -0.15) is 0 Å². The Morgan fingerprint density at radius 2 is 1.89 bits per heavy atom. The van der Waals surface area contributed by atoms with Crippen LogP contribution < -0.4 is 15.2 Å². The minimum atomic E-state index is 0.460. The number of anilines is 1. The minimum Gasteiger partial charge on any atom is -0.493 e. The van der Waals surface area contributed by atoms with Gasteiger partial charge >= 0.3 is 0 Å². The van der Waals surface area contributed by atoms with Gasteiger partial charge in [-0.1, -0.05) is 23.5 Å².